The van der Waals surface area contributed by atoms with Crippen LogP contribution in [0.25, 0.3) is 11.2 Å². The molecule has 16 heteroatoms. The minimum absolute atomic E-state index is 0.0320. The number of nitrogens with zero attached hydrogens (tertiary/aromatic N) is 4. The van der Waals surface area contributed by atoms with E-state index in [2.05, 4.69) is 39.8 Å². The van der Waals surface area contributed by atoms with E-state index >= 15 is 4.57 Å². The molecular weight excluding hydrogens is 959 g/mol. The zero-order valence-corrected chi connectivity index (χ0v) is 45.8. The lowest BCUT2D eigenvalue weighted by molar-refractivity contribution is -0.163. The van der Waals surface area contributed by atoms with Gasteiger partial charge in [-0.3, -0.25) is 18.7 Å². The number of fused-ring (bicyclic) bond motifs is 1. The Morgan fingerprint density at radius 2 is 1.35 bits per heavy atom. The number of unbranched alkanes of at least 4 members (excludes halogenated alkanes) is 16. The fourth-order valence-corrected chi connectivity index (χ4v) is 11.3. The minimum Gasteiger partial charge on any atom is -0.461 e. The standard InChI is InChI=1S/C58H86FN6O8P/c1-6-11-13-15-17-19-21-23-29-37-47(38-30-24-22-20-18-16-14-12-7-2)70-56(67)49(41-45-35-27-25-28-36-45)64-74(68,73-48-39-31-26-32-40-48)69-43-58(10-5)50(71-55(66)46(33-8-3)34-9-4)42-51(72-58)65-44-61-52-53(60)62-57(59)63-54(52)65/h5,25-28,31-32,35-36,39-40,44,46-47,49-51H,6-9,11-24,29-30,33-34,37-38,41-43H2,1-4H3,(H,64,68)(H2,60,62,63)/t49?,50-,51+,58+,74-/m0/s1. The number of carbonyl (C=O) groups excluding carboxylic acids is 2. The van der Waals surface area contributed by atoms with E-state index < -0.39 is 62.3 Å². The molecule has 4 aromatic rings. The van der Waals surface area contributed by atoms with Crippen LogP contribution in [0.5, 0.6) is 5.75 Å². The number of nitrogens with one attached hydrogen (secondary N) is 1. The van der Waals surface area contributed by atoms with Gasteiger partial charge < -0.3 is 24.5 Å². The van der Waals surface area contributed by atoms with E-state index in [0.29, 0.717) is 12.8 Å². The van der Waals surface area contributed by atoms with Crippen molar-refractivity contribution in [2.45, 2.75) is 225 Å². The molecule has 5 rings (SSSR count). The van der Waals surface area contributed by atoms with Gasteiger partial charge in [0.15, 0.2) is 22.6 Å². The van der Waals surface area contributed by atoms with Crippen molar-refractivity contribution in [1.29, 1.82) is 0 Å². The van der Waals surface area contributed by atoms with Crippen LogP contribution in [0.3, 0.4) is 0 Å². The number of carbonyl (C=O) groups is 2. The zero-order chi connectivity index (χ0) is 53.0. The maximum Gasteiger partial charge on any atom is 0.459 e. The number of rotatable bonds is 38. The summed E-state index contributed by atoms with van der Waals surface area (Å²) < 4.78 is 63.6. The van der Waals surface area contributed by atoms with Gasteiger partial charge in [-0.1, -0.05) is 198 Å². The molecule has 1 aliphatic heterocycles. The van der Waals surface area contributed by atoms with Crippen LogP contribution in [0, 0.1) is 24.3 Å². The topological polar surface area (TPSA) is 179 Å². The monoisotopic (exact) mass is 1040 g/mol. The van der Waals surface area contributed by atoms with Crippen LogP contribution in [0.1, 0.15) is 200 Å². The van der Waals surface area contributed by atoms with Gasteiger partial charge in [0.1, 0.15) is 36.8 Å². The summed E-state index contributed by atoms with van der Waals surface area (Å²) in [5.41, 5.74) is 5.09. The first-order chi connectivity index (χ1) is 36.0. The maximum absolute atomic E-state index is 15.6. The first-order valence-electron chi connectivity index (χ1n) is 28.0. The summed E-state index contributed by atoms with van der Waals surface area (Å²) in [4.78, 5) is 40.6. The highest BCUT2D eigenvalue weighted by atomic mass is 31.2. The molecule has 1 unspecified atom stereocenters. The highest BCUT2D eigenvalue weighted by Crippen LogP contribution is 2.49. The van der Waals surface area contributed by atoms with Gasteiger partial charge >= 0.3 is 25.8 Å². The van der Waals surface area contributed by atoms with Gasteiger partial charge in [0, 0.05) is 6.42 Å². The predicted octanol–water partition coefficient (Wildman–Crippen LogP) is 14.1. The average Bonchev–Trinajstić information content (AvgIpc) is 3.99. The summed E-state index contributed by atoms with van der Waals surface area (Å²) in [5.74, 6) is 1.23. The highest BCUT2D eigenvalue weighted by molar-refractivity contribution is 7.52. The summed E-state index contributed by atoms with van der Waals surface area (Å²) in [6, 6.07) is 16.7. The Balaban J connectivity index is 1.42. The van der Waals surface area contributed by atoms with Crippen LogP contribution >= 0.6 is 7.75 Å². The summed E-state index contributed by atoms with van der Waals surface area (Å²) in [6.07, 6.45) is 29.6. The summed E-state index contributed by atoms with van der Waals surface area (Å²) >= 11 is 0. The Kier molecular flexibility index (Phi) is 26.4. The van der Waals surface area contributed by atoms with Crippen LogP contribution < -0.4 is 15.3 Å². The van der Waals surface area contributed by atoms with Crippen molar-refractivity contribution in [1.82, 2.24) is 24.6 Å². The first kappa shape index (κ1) is 60.0. The Morgan fingerprint density at radius 1 is 0.797 bits per heavy atom. The number of terminal acetylenes is 1. The van der Waals surface area contributed by atoms with Crippen molar-refractivity contribution in [3.8, 4) is 18.1 Å². The number of esters is 2. The number of para-hydroxylation sites is 1. The second kappa shape index (κ2) is 32.5. The van der Waals surface area contributed by atoms with Gasteiger partial charge in [0.05, 0.1) is 12.2 Å². The van der Waals surface area contributed by atoms with Gasteiger partial charge in [-0.05, 0) is 62.6 Å². The summed E-state index contributed by atoms with van der Waals surface area (Å²) in [5, 5.41) is 3.01. The molecule has 2 aromatic carbocycles. The van der Waals surface area contributed by atoms with Crippen LogP contribution in [0.15, 0.2) is 67.0 Å². The van der Waals surface area contributed by atoms with Crippen molar-refractivity contribution in [3.05, 3.63) is 78.6 Å². The number of halogens is 1. The molecule has 0 amide bonds. The Labute approximate surface area is 441 Å². The number of nitrogen functional groups attached to an aromatic ring is 1. The van der Waals surface area contributed by atoms with E-state index in [1.54, 1.807) is 30.3 Å². The molecule has 1 aliphatic rings. The third kappa shape index (κ3) is 19.4. The Morgan fingerprint density at radius 3 is 1.91 bits per heavy atom. The first-order valence-corrected chi connectivity index (χ1v) is 29.5. The smallest absolute Gasteiger partial charge is 0.459 e. The molecule has 3 N–H and O–H groups in total. The van der Waals surface area contributed by atoms with E-state index in [9.17, 15) is 14.0 Å². The van der Waals surface area contributed by atoms with Crippen molar-refractivity contribution in [2.24, 2.45) is 5.92 Å². The van der Waals surface area contributed by atoms with Gasteiger partial charge in [-0.2, -0.15) is 19.4 Å². The van der Waals surface area contributed by atoms with Crippen LogP contribution in [0.4, 0.5) is 10.2 Å². The van der Waals surface area contributed by atoms with Crippen LogP contribution in [-0.4, -0.2) is 61.9 Å². The molecule has 74 heavy (non-hydrogen) atoms. The SMILES string of the molecule is C#C[C@]1(CO[P@@](=O)(NC(Cc2ccccc2)C(=O)OC(CCCCCCCCCCC)CCCCCCCCCCC)Oc2ccccc2)O[C@@H](n2cnc3c(N)nc(F)nc32)C[C@@H]1OC(=O)C(CCC)CCC. The number of ether oxygens (including phenoxy) is 3. The lowest BCUT2D eigenvalue weighted by Crippen LogP contribution is -2.47. The molecule has 0 radical (unpaired) electrons. The minimum atomic E-state index is -4.63. The van der Waals surface area contributed by atoms with Gasteiger partial charge in [0.2, 0.25) is 0 Å². The molecule has 1 fully saturated rings. The summed E-state index contributed by atoms with van der Waals surface area (Å²) in [6.45, 7) is 7.83. The highest BCUT2D eigenvalue weighted by Gasteiger charge is 2.54. The van der Waals surface area contributed by atoms with Crippen molar-refractivity contribution in [2.75, 3.05) is 12.3 Å². The number of imidazole rings is 1. The second-order valence-corrected chi connectivity index (χ2v) is 21.8. The van der Waals surface area contributed by atoms with E-state index in [1.807, 2.05) is 44.2 Å². The van der Waals surface area contributed by atoms with Crippen molar-refractivity contribution < 1.29 is 41.8 Å². The third-order valence-corrected chi connectivity index (χ3v) is 15.5. The van der Waals surface area contributed by atoms with Gasteiger partial charge in [-0.15, -0.1) is 6.42 Å². The predicted molar refractivity (Wildman–Crippen MR) is 290 cm³/mol. The van der Waals surface area contributed by atoms with Crippen molar-refractivity contribution >= 4 is 36.7 Å². The number of benzene rings is 2. The molecule has 0 saturated carbocycles. The molecule has 14 nitrogen and oxygen atoms in total. The van der Waals surface area contributed by atoms with E-state index in [0.717, 1.165) is 69.8 Å². The van der Waals surface area contributed by atoms with Crippen LogP contribution in [-0.2, 0) is 39.3 Å². The quantitative estimate of drug-likeness (QED) is 0.0143. The normalized spacial score (nSPS) is 17.9. The molecule has 0 spiro atoms. The second-order valence-electron chi connectivity index (χ2n) is 20.1. The number of nitrogens with two attached hydrogens (primary N) is 1. The zero-order valence-electron chi connectivity index (χ0n) is 44.9. The molecule has 5 atom stereocenters. The molecule has 0 aliphatic carbocycles. The van der Waals surface area contributed by atoms with E-state index in [1.165, 1.54) is 87.9 Å². The number of aromatic nitrogens is 4. The van der Waals surface area contributed by atoms with Gasteiger partial charge in [0.25, 0.3) is 0 Å². The van der Waals surface area contributed by atoms with E-state index in [-0.39, 0.29) is 41.7 Å². The van der Waals surface area contributed by atoms with Crippen molar-refractivity contribution in [3.63, 3.8) is 0 Å². The van der Waals surface area contributed by atoms with Gasteiger partial charge in [-0.25, -0.2) is 9.55 Å². The number of hydrogen-bond acceptors (Lipinski definition) is 12. The average molecular weight is 1050 g/mol. The molecular formula is C58H86FN6O8P. The Hall–Kier alpha value is -4.87. The maximum atomic E-state index is 15.6. The van der Waals surface area contributed by atoms with Crippen LogP contribution in [0.2, 0.25) is 0 Å². The molecule has 1 saturated heterocycles. The fourth-order valence-electron chi connectivity index (χ4n) is 9.77. The lowest BCUT2D eigenvalue weighted by Gasteiger charge is -2.32. The molecule has 408 valence electrons. The molecule has 2 aromatic heterocycles. The largest absolute Gasteiger partial charge is 0.461 e. The third-order valence-electron chi connectivity index (χ3n) is 14.0. The summed E-state index contributed by atoms with van der Waals surface area (Å²) in [7, 11) is -4.63. The fraction of sp³-hybridized carbons (Fsp3) is 0.638. The molecule has 3 heterocycles. The number of hydrogen-bond donors (Lipinski definition) is 2. The number of anilines is 1. The van der Waals surface area contributed by atoms with E-state index in [4.69, 9.17) is 35.4 Å². The Bertz CT molecular complexity index is 2310. The molecule has 0 bridgehead atoms. The lowest BCUT2D eigenvalue weighted by atomic mass is 9.96.